The first-order valence-electron chi connectivity index (χ1n) is 5.78. The molecule has 0 radical (unpaired) electrons. The van der Waals surface area contributed by atoms with Crippen LogP contribution in [0, 0.1) is 0 Å². The van der Waals surface area contributed by atoms with Crippen molar-refractivity contribution in [3.63, 3.8) is 0 Å². The Kier molecular flexibility index (Phi) is 2.87. The second-order valence-corrected chi connectivity index (χ2v) is 5.22. The maximum absolute atomic E-state index is 12.2. The number of hydrogen-bond acceptors (Lipinski definition) is 3. The number of nitrogens with one attached hydrogen (secondary N) is 1. The third-order valence-electron chi connectivity index (χ3n) is 2.79. The van der Waals surface area contributed by atoms with Crippen molar-refractivity contribution < 1.29 is 9.53 Å². The first-order chi connectivity index (χ1) is 7.87. The highest BCUT2D eigenvalue weighted by atomic mass is 16.5. The van der Waals surface area contributed by atoms with Gasteiger partial charge in [0.15, 0.2) is 0 Å². The minimum atomic E-state index is -0.300. The van der Waals surface area contributed by atoms with Crippen molar-refractivity contribution in [1.82, 2.24) is 9.88 Å². The van der Waals surface area contributed by atoms with E-state index in [0.29, 0.717) is 24.5 Å². The van der Waals surface area contributed by atoms with Crippen LogP contribution in [-0.4, -0.2) is 40.6 Å². The lowest BCUT2D eigenvalue weighted by Crippen LogP contribution is -2.53. The van der Waals surface area contributed by atoms with E-state index < -0.39 is 0 Å². The largest absolute Gasteiger partial charge is 0.397 e. The molecule has 1 amide bonds. The van der Waals surface area contributed by atoms with Crippen LogP contribution in [0.4, 0.5) is 5.69 Å². The molecule has 1 aromatic rings. The number of nitrogens with zero attached hydrogens (tertiary/aromatic N) is 1. The Bertz CT molecular complexity index is 425. The maximum Gasteiger partial charge on any atom is 0.270 e. The Balaban J connectivity index is 2.14. The van der Waals surface area contributed by atoms with Gasteiger partial charge in [0.2, 0.25) is 0 Å². The number of amides is 1. The molecule has 1 aromatic heterocycles. The average molecular weight is 237 g/mol. The Morgan fingerprint density at radius 3 is 2.88 bits per heavy atom. The molecule has 2 rings (SSSR count). The summed E-state index contributed by atoms with van der Waals surface area (Å²) >= 11 is 0. The number of nitrogen functional groups attached to an aromatic ring is 1. The lowest BCUT2D eigenvalue weighted by molar-refractivity contribution is -0.118. The van der Waals surface area contributed by atoms with Crippen LogP contribution in [-0.2, 0) is 4.74 Å². The number of H-pyrrole nitrogens is 1. The number of ether oxygens (including phenoxy) is 1. The van der Waals surface area contributed by atoms with Gasteiger partial charge in [0.05, 0.1) is 11.7 Å². The third kappa shape index (κ3) is 2.61. The molecule has 0 bridgehead atoms. The number of carbonyl (C=O) groups is 1. The van der Waals surface area contributed by atoms with E-state index in [4.69, 9.17) is 10.5 Å². The predicted octanol–water partition coefficient (Wildman–Crippen LogP) is 1.24. The van der Waals surface area contributed by atoms with Crippen LogP contribution in [0.3, 0.4) is 0 Å². The smallest absolute Gasteiger partial charge is 0.270 e. The molecular weight excluding hydrogens is 218 g/mol. The zero-order chi connectivity index (χ0) is 12.6. The van der Waals surface area contributed by atoms with E-state index in [1.54, 1.807) is 17.2 Å². The topological polar surface area (TPSA) is 71.3 Å². The fourth-order valence-corrected chi connectivity index (χ4v) is 2.31. The second kappa shape index (κ2) is 4.07. The Hall–Kier alpha value is -1.49. The summed E-state index contributed by atoms with van der Waals surface area (Å²) in [5.41, 5.74) is 6.41. The molecule has 0 aliphatic carbocycles. The first kappa shape index (κ1) is 12.0. The molecule has 1 aliphatic rings. The van der Waals surface area contributed by atoms with E-state index in [0.717, 1.165) is 0 Å². The van der Waals surface area contributed by atoms with E-state index in [1.807, 2.05) is 20.8 Å². The van der Waals surface area contributed by atoms with Crippen LogP contribution in [0.5, 0.6) is 0 Å². The van der Waals surface area contributed by atoms with Crippen molar-refractivity contribution in [2.24, 2.45) is 0 Å². The fraction of sp³-hybridized carbons (Fsp3) is 0.583. The van der Waals surface area contributed by atoms with Crippen molar-refractivity contribution >= 4 is 11.6 Å². The molecule has 1 atom stereocenters. The summed E-state index contributed by atoms with van der Waals surface area (Å²) in [6.07, 6.45) is 1.68. The lowest BCUT2D eigenvalue weighted by atomic mass is 10.1. The van der Waals surface area contributed by atoms with Crippen LogP contribution in [0.2, 0.25) is 0 Å². The van der Waals surface area contributed by atoms with Gasteiger partial charge < -0.3 is 20.4 Å². The Morgan fingerprint density at radius 1 is 1.65 bits per heavy atom. The molecule has 0 saturated carbocycles. The number of nitrogens with two attached hydrogens (primary N) is 1. The summed E-state index contributed by atoms with van der Waals surface area (Å²) in [6, 6.07) is 1.66. The van der Waals surface area contributed by atoms with Gasteiger partial charge in [-0.1, -0.05) is 0 Å². The molecule has 1 unspecified atom stereocenters. The molecule has 5 nitrogen and oxygen atoms in total. The van der Waals surface area contributed by atoms with Gasteiger partial charge in [0.25, 0.3) is 5.91 Å². The average Bonchev–Trinajstić information content (AvgIpc) is 2.60. The summed E-state index contributed by atoms with van der Waals surface area (Å²) in [5, 5.41) is 0. The van der Waals surface area contributed by atoms with Crippen LogP contribution < -0.4 is 5.73 Å². The van der Waals surface area contributed by atoms with Gasteiger partial charge in [-0.2, -0.15) is 0 Å². The van der Waals surface area contributed by atoms with Gasteiger partial charge >= 0.3 is 0 Å². The summed E-state index contributed by atoms with van der Waals surface area (Å²) < 4.78 is 5.77. The van der Waals surface area contributed by atoms with Crippen molar-refractivity contribution in [3.8, 4) is 0 Å². The number of hydrogen-bond donors (Lipinski definition) is 2. The Labute approximate surface area is 101 Å². The normalized spacial score (nSPS) is 23.7. The van der Waals surface area contributed by atoms with Gasteiger partial charge in [-0.3, -0.25) is 4.79 Å². The Morgan fingerprint density at radius 2 is 2.35 bits per heavy atom. The van der Waals surface area contributed by atoms with E-state index in [-0.39, 0.29) is 17.6 Å². The number of anilines is 1. The SMILES string of the molecule is CC1CN(C(=O)c2cc(N)c[nH]2)CC(C)(C)O1. The number of aromatic nitrogens is 1. The van der Waals surface area contributed by atoms with Gasteiger partial charge in [0, 0.05) is 25.0 Å². The summed E-state index contributed by atoms with van der Waals surface area (Å²) in [4.78, 5) is 16.9. The molecule has 1 fully saturated rings. The molecule has 94 valence electrons. The zero-order valence-corrected chi connectivity index (χ0v) is 10.5. The summed E-state index contributed by atoms with van der Waals surface area (Å²) in [7, 11) is 0. The monoisotopic (exact) mass is 237 g/mol. The molecule has 1 saturated heterocycles. The van der Waals surface area contributed by atoms with Gasteiger partial charge in [-0.15, -0.1) is 0 Å². The quantitative estimate of drug-likeness (QED) is 0.772. The zero-order valence-electron chi connectivity index (χ0n) is 10.5. The van der Waals surface area contributed by atoms with Crippen LogP contribution in [0.25, 0.3) is 0 Å². The highest BCUT2D eigenvalue weighted by molar-refractivity contribution is 5.93. The molecule has 3 N–H and O–H groups in total. The van der Waals surface area contributed by atoms with Crippen molar-refractivity contribution in [2.75, 3.05) is 18.8 Å². The van der Waals surface area contributed by atoms with E-state index >= 15 is 0 Å². The van der Waals surface area contributed by atoms with Crippen LogP contribution in [0.15, 0.2) is 12.3 Å². The highest BCUT2D eigenvalue weighted by Crippen LogP contribution is 2.22. The van der Waals surface area contributed by atoms with Gasteiger partial charge in [0.1, 0.15) is 5.69 Å². The van der Waals surface area contributed by atoms with Crippen LogP contribution in [0.1, 0.15) is 31.3 Å². The number of carbonyl (C=O) groups excluding carboxylic acids is 1. The fourth-order valence-electron chi connectivity index (χ4n) is 2.31. The maximum atomic E-state index is 12.2. The highest BCUT2D eigenvalue weighted by Gasteiger charge is 2.34. The second-order valence-electron chi connectivity index (χ2n) is 5.22. The van der Waals surface area contributed by atoms with E-state index in [2.05, 4.69) is 4.98 Å². The third-order valence-corrected chi connectivity index (χ3v) is 2.79. The number of rotatable bonds is 1. The van der Waals surface area contributed by atoms with Gasteiger partial charge in [-0.05, 0) is 26.8 Å². The minimum absolute atomic E-state index is 0.0232. The molecular formula is C12H19N3O2. The van der Waals surface area contributed by atoms with Gasteiger partial charge in [-0.25, -0.2) is 0 Å². The van der Waals surface area contributed by atoms with Crippen LogP contribution >= 0.6 is 0 Å². The standard InChI is InChI=1S/C12H19N3O2/c1-8-6-15(7-12(2,3)17-8)11(16)10-4-9(13)5-14-10/h4-5,8,14H,6-7,13H2,1-3H3. The minimum Gasteiger partial charge on any atom is -0.397 e. The first-order valence-corrected chi connectivity index (χ1v) is 5.78. The number of morpholine rings is 1. The predicted molar refractivity (Wildman–Crippen MR) is 65.7 cm³/mol. The lowest BCUT2D eigenvalue weighted by Gasteiger charge is -2.41. The molecule has 0 aromatic carbocycles. The van der Waals surface area contributed by atoms with Crippen molar-refractivity contribution in [2.45, 2.75) is 32.5 Å². The number of aromatic amines is 1. The molecule has 5 heteroatoms. The summed E-state index contributed by atoms with van der Waals surface area (Å²) in [6.45, 7) is 7.17. The molecule has 17 heavy (non-hydrogen) atoms. The van der Waals surface area contributed by atoms with E-state index in [1.165, 1.54) is 0 Å². The molecule has 2 heterocycles. The molecule has 1 aliphatic heterocycles. The van der Waals surface area contributed by atoms with Crippen molar-refractivity contribution in [3.05, 3.63) is 18.0 Å². The molecule has 0 spiro atoms. The van der Waals surface area contributed by atoms with Crippen molar-refractivity contribution in [1.29, 1.82) is 0 Å². The summed E-state index contributed by atoms with van der Waals surface area (Å²) in [5.74, 6) is -0.0232. The van der Waals surface area contributed by atoms with E-state index in [9.17, 15) is 4.79 Å².